The first-order valence-electron chi connectivity index (χ1n) is 4.99. The van der Waals surface area contributed by atoms with E-state index in [0.717, 1.165) is 5.69 Å². The molecule has 0 atom stereocenters. The van der Waals surface area contributed by atoms with Gasteiger partial charge < -0.3 is 4.98 Å². The van der Waals surface area contributed by atoms with Gasteiger partial charge in [0.25, 0.3) is 5.91 Å². The van der Waals surface area contributed by atoms with Crippen LogP contribution in [-0.2, 0) is 0 Å². The van der Waals surface area contributed by atoms with Crippen LogP contribution in [0.3, 0.4) is 0 Å². The van der Waals surface area contributed by atoms with Gasteiger partial charge in [-0.25, -0.2) is 4.98 Å². The van der Waals surface area contributed by atoms with Crippen molar-refractivity contribution in [3.8, 4) is 0 Å². The highest BCUT2D eigenvalue weighted by atomic mass is 32.1. The minimum Gasteiger partial charge on any atom is -0.326 e. The number of rotatable bonds is 2. The van der Waals surface area contributed by atoms with Gasteiger partial charge in [0.1, 0.15) is 0 Å². The van der Waals surface area contributed by atoms with Crippen molar-refractivity contribution in [2.75, 3.05) is 5.32 Å². The van der Waals surface area contributed by atoms with Gasteiger partial charge in [0.05, 0.1) is 5.69 Å². The molecule has 2 aromatic rings. The lowest BCUT2D eigenvalue weighted by Gasteiger charge is -2.02. The van der Waals surface area contributed by atoms with Crippen molar-refractivity contribution in [2.24, 2.45) is 0 Å². The maximum atomic E-state index is 11.8. The number of aryl methyl sites for hydroxylation is 2. The van der Waals surface area contributed by atoms with E-state index in [2.05, 4.69) is 15.3 Å². The van der Waals surface area contributed by atoms with Gasteiger partial charge in [0, 0.05) is 22.7 Å². The summed E-state index contributed by atoms with van der Waals surface area (Å²) in [5.74, 6) is -0.325. The third-order valence-corrected chi connectivity index (χ3v) is 2.96. The third kappa shape index (κ3) is 2.79. The summed E-state index contributed by atoms with van der Waals surface area (Å²) in [6, 6.07) is 2.89. The van der Waals surface area contributed by atoms with E-state index in [1.165, 1.54) is 17.4 Å². The number of nitrogens with one attached hydrogen (secondary N) is 2. The van der Waals surface area contributed by atoms with Gasteiger partial charge in [-0.1, -0.05) is 0 Å². The SMILES string of the molecule is Cc1csc(NC(=O)c2cc(C)[nH]c(=O)c2)n1. The summed E-state index contributed by atoms with van der Waals surface area (Å²) >= 11 is 1.35. The van der Waals surface area contributed by atoms with Crippen molar-refractivity contribution in [3.05, 3.63) is 44.8 Å². The first-order chi connectivity index (χ1) is 8.04. The average Bonchev–Trinajstić information content (AvgIpc) is 2.62. The van der Waals surface area contributed by atoms with Crippen molar-refractivity contribution in [2.45, 2.75) is 13.8 Å². The van der Waals surface area contributed by atoms with Crippen LogP contribution in [0, 0.1) is 13.8 Å². The Morgan fingerprint density at radius 3 is 2.76 bits per heavy atom. The molecule has 88 valence electrons. The molecule has 0 saturated carbocycles. The number of pyridine rings is 1. The fraction of sp³-hybridized carbons (Fsp3) is 0.182. The minimum absolute atomic E-state index is 0.287. The van der Waals surface area contributed by atoms with E-state index in [-0.39, 0.29) is 11.5 Å². The standard InChI is InChI=1S/C11H11N3O2S/c1-6-3-8(4-9(15)12-6)10(16)14-11-13-7(2)5-17-11/h3-5H,1-2H3,(H,12,15)(H,13,14,16). The van der Waals surface area contributed by atoms with E-state index in [9.17, 15) is 9.59 Å². The molecule has 2 aromatic heterocycles. The molecule has 2 rings (SSSR count). The van der Waals surface area contributed by atoms with Gasteiger partial charge in [0.2, 0.25) is 5.56 Å². The molecule has 1 amide bonds. The highest BCUT2D eigenvalue weighted by Crippen LogP contribution is 2.15. The molecule has 5 nitrogen and oxygen atoms in total. The second-order valence-corrected chi connectivity index (χ2v) is 4.52. The Labute approximate surface area is 102 Å². The second kappa shape index (κ2) is 4.50. The summed E-state index contributed by atoms with van der Waals surface area (Å²) in [6.45, 7) is 3.58. The molecule has 0 aromatic carbocycles. The lowest BCUT2D eigenvalue weighted by atomic mass is 10.2. The molecule has 0 fully saturated rings. The number of carbonyl (C=O) groups is 1. The Bertz CT molecular complexity index is 615. The molecule has 0 spiro atoms. The van der Waals surface area contributed by atoms with E-state index in [1.807, 2.05) is 12.3 Å². The fourth-order valence-electron chi connectivity index (χ4n) is 1.39. The first kappa shape index (κ1) is 11.5. The maximum absolute atomic E-state index is 11.8. The first-order valence-corrected chi connectivity index (χ1v) is 5.87. The Balaban J connectivity index is 2.22. The smallest absolute Gasteiger partial charge is 0.257 e. The van der Waals surface area contributed by atoms with Crippen LogP contribution in [0.2, 0.25) is 0 Å². The number of anilines is 1. The van der Waals surface area contributed by atoms with Crippen LogP contribution in [-0.4, -0.2) is 15.9 Å². The zero-order chi connectivity index (χ0) is 12.4. The molecule has 0 aliphatic rings. The molecular weight excluding hydrogens is 238 g/mol. The van der Waals surface area contributed by atoms with E-state index < -0.39 is 0 Å². The quantitative estimate of drug-likeness (QED) is 0.850. The molecule has 0 saturated heterocycles. The largest absolute Gasteiger partial charge is 0.326 e. The number of carbonyl (C=O) groups excluding carboxylic acids is 1. The van der Waals surface area contributed by atoms with Gasteiger partial charge in [-0.05, 0) is 19.9 Å². The van der Waals surface area contributed by atoms with Crippen LogP contribution >= 0.6 is 11.3 Å². The van der Waals surface area contributed by atoms with Crippen LogP contribution in [0.25, 0.3) is 0 Å². The lowest BCUT2D eigenvalue weighted by molar-refractivity contribution is 0.102. The Hall–Kier alpha value is -1.95. The van der Waals surface area contributed by atoms with Crippen molar-refractivity contribution < 1.29 is 4.79 Å². The molecule has 2 heterocycles. The number of amides is 1. The van der Waals surface area contributed by atoms with E-state index in [1.54, 1.807) is 13.0 Å². The number of H-pyrrole nitrogens is 1. The molecule has 0 aliphatic heterocycles. The van der Waals surface area contributed by atoms with Crippen molar-refractivity contribution in [1.29, 1.82) is 0 Å². The zero-order valence-electron chi connectivity index (χ0n) is 9.40. The highest BCUT2D eigenvalue weighted by Gasteiger charge is 2.09. The van der Waals surface area contributed by atoms with Crippen LogP contribution in [0.4, 0.5) is 5.13 Å². The Kier molecular flexibility index (Phi) is 3.06. The summed E-state index contributed by atoms with van der Waals surface area (Å²) in [6.07, 6.45) is 0. The molecule has 17 heavy (non-hydrogen) atoms. The third-order valence-electron chi connectivity index (χ3n) is 2.08. The molecule has 0 aliphatic carbocycles. The van der Waals surface area contributed by atoms with Crippen LogP contribution in [0.5, 0.6) is 0 Å². The summed E-state index contributed by atoms with van der Waals surface area (Å²) in [4.78, 5) is 29.8. The summed E-state index contributed by atoms with van der Waals surface area (Å²) in [5.41, 5.74) is 1.55. The van der Waals surface area contributed by atoms with E-state index in [0.29, 0.717) is 16.4 Å². The van der Waals surface area contributed by atoms with Gasteiger partial charge in [0.15, 0.2) is 5.13 Å². The summed E-state index contributed by atoms with van der Waals surface area (Å²) in [5, 5.41) is 5.03. The summed E-state index contributed by atoms with van der Waals surface area (Å²) < 4.78 is 0. The van der Waals surface area contributed by atoms with Gasteiger partial charge in [-0.2, -0.15) is 0 Å². The van der Waals surface area contributed by atoms with E-state index in [4.69, 9.17) is 0 Å². The Morgan fingerprint density at radius 1 is 1.41 bits per heavy atom. The maximum Gasteiger partial charge on any atom is 0.257 e. The number of nitrogens with zero attached hydrogens (tertiary/aromatic N) is 1. The number of thiazole rings is 1. The molecular formula is C11H11N3O2S. The zero-order valence-corrected chi connectivity index (χ0v) is 10.2. The van der Waals surface area contributed by atoms with Gasteiger partial charge >= 0.3 is 0 Å². The predicted octanol–water partition coefficient (Wildman–Crippen LogP) is 1.70. The number of hydrogen-bond donors (Lipinski definition) is 2. The number of hydrogen-bond acceptors (Lipinski definition) is 4. The van der Waals surface area contributed by atoms with Crippen molar-refractivity contribution in [1.82, 2.24) is 9.97 Å². The van der Waals surface area contributed by atoms with Crippen LogP contribution < -0.4 is 10.9 Å². The topological polar surface area (TPSA) is 74.8 Å². The molecule has 0 unspecified atom stereocenters. The lowest BCUT2D eigenvalue weighted by Crippen LogP contribution is -2.16. The normalized spacial score (nSPS) is 10.2. The monoisotopic (exact) mass is 249 g/mol. The molecule has 2 N–H and O–H groups in total. The molecule has 0 bridgehead atoms. The van der Waals surface area contributed by atoms with Crippen LogP contribution in [0.15, 0.2) is 22.3 Å². The van der Waals surface area contributed by atoms with Gasteiger partial charge in [-0.15, -0.1) is 11.3 Å². The predicted molar refractivity (Wildman–Crippen MR) is 66.6 cm³/mol. The van der Waals surface area contributed by atoms with E-state index >= 15 is 0 Å². The number of aromatic amines is 1. The minimum atomic E-state index is -0.325. The average molecular weight is 249 g/mol. The second-order valence-electron chi connectivity index (χ2n) is 3.66. The molecule has 0 radical (unpaired) electrons. The fourth-order valence-corrected chi connectivity index (χ4v) is 2.08. The van der Waals surface area contributed by atoms with Crippen LogP contribution in [0.1, 0.15) is 21.7 Å². The number of aromatic nitrogens is 2. The van der Waals surface area contributed by atoms with Crippen molar-refractivity contribution in [3.63, 3.8) is 0 Å². The summed E-state index contributed by atoms with van der Waals surface area (Å²) in [7, 11) is 0. The Morgan fingerprint density at radius 2 is 2.18 bits per heavy atom. The molecule has 6 heteroatoms. The van der Waals surface area contributed by atoms with Crippen molar-refractivity contribution >= 4 is 22.4 Å². The van der Waals surface area contributed by atoms with Gasteiger partial charge in [-0.3, -0.25) is 14.9 Å². The highest BCUT2D eigenvalue weighted by molar-refractivity contribution is 7.13.